The Morgan fingerprint density at radius 3 is 2.79 bits per heavy atom. The fourth-order valence-corrected chi connectivity index (χ4v) is 3.75. The minimum Gasteiger partial charge on any atom is -0.356 e. The predicted molar refractivity (Wildman–Crippen MR) is 97.5 cm³/mol. The number of amides is 2. The number of benzene rings is 2. The summed E-state index contributed by atoms with van der Waals surface area (Å²) in [6.45, 7) is 0.564. The molecular formula is C18H17ClN2O2S. The van der Waals surface area contributed by atoms with Crippen LogP contribution in [0.3, 0.4) is 0 Å². The standard InChI is InChI=1S/C18H17ClN2O2S/c19-13-6-7-15-14(10-13)21-18(23)16(24-15)11-17(22)20-9-8-12-4-2-1-3-5-12/h1-7,10,16H,8-9,11H2,(H,20,22)(H,21,23)/t16-/m0/s1. The molecule has 2 aromatic carbocycles. The second kappa shape index (κ2) is 7.73. The minimum absolute atomic E-state index is 0.115. The van der Waals surface area contributed by atoms with Gasteiger partial charge in [0.2, 0.25) is 11.8 Å². The van der Waals surface area contributed by atoms with Crippen LogP contribution >= 0.6 is 23.4 Å². The van der Waals surface area contributed by atoms with E-state index in [1.807, 2.05) is 36.4 Å². The third kappa shape index (κ3) is 4.30. The summed E-state index contributed by atoms with van der Waals surface area (Å²) in [7, 11) is 0. The third-order valence-corrected chi connectivity index (χ3v) is 5.22. The Bertz CT molecular complexity index is 752. The Hall–Kier alpha value is -1.98. The van der Waals surface area contributed by atoms with Crippen LogP contribution in [0.2, 0.25) is 5.02 Å². The van der Waals surface area contributed by atoms with Crippen molar-refractivity contribution in [2.45, 2.75) is 23.0 Å². The number of thioether (sulfide) groups is 1. The Morgan fingerprint density at radius 1 is 1.21 bits per heavy atom. The molecule has 0 fully saturated rings. The highest BCUT2D eigenvalue weighted by Gasteiger charge is 2.28. The SMILES string of the molecule is O=C(C[C@@H]1Sc2ccc(Cl)cc2NC1=O)NCCc1ccccc1. The number of fused-ring (bicyclic) bond motifs is 1. The molecule has 24 heavy (non-hydrogen) atoms. The number of carbonyl (C=O) groups is 2. The largest absolute Gasteiger partial charge is 0.356 e. The van der Waals surface area contributed by atoms with E-state index >= 15 is 0 Å². The molecular weight excluding hydrogens is 344 g/mol. The lowest BCUT2D eigenvalue weighted by Gasteiger charge is -2.23. The number of nitrogens with one attached hydrogen (secondary N) is 2. The van der Waals surface area contributed by atoms with E-state index in [1.165, 1.54) is 17.3 Å². The summed E-state index contributed by atoms with van der Waals surface area (Å²) in [5, 5.41) is 5.85. The average molecular weight is 361 g/mol. The summed E-state index contributed by atoms with van der Waals surface area (Å²) in [6.07, 6.45) is 0.936. The van der Waals surface area contributed by atoms with Crippen molar-refractivity contribution < 1.29 is 9.59 Å². The van der Waals surface area contributed by atoms with Gasteiger partial charge >= 0.3 is 0 Å². The minimum atomic E-state index is -0.421. The fourth-order valence-electron chi connectivity index (χ4n) is 2.49. The molecule has 1 heterocycles. The summed E-state index contributed by atoms with van der Waals surface area (Å²) in [5.41, 5.74) is 1.88. The van der Waals surface area contributed by atoms with Gasteiger partial charge < -0.3 is 10.6 Å². The molecule has 0 bridgehead atoms. The van der Waals surface area contributed by atoms with E-state index in [9.17, 15) is 9.59 Å². The number of rotatable bonds is 5. The van der Waals surface area contributed by atoms with Crippen LogP contribution in [-0.2, 0) is 16.0 Å². The Balaban J connectivity index is 1.51. The van der Waals surface area contributed by atoms with E-state index in [-0.39, 0.29) is 18.2 Å². The van der Waals surface area contributed by atoms with Gasteiger partial charge in [0.05, 0.1) is 10.9 Å². The predicted octanol–water partition coefficient (Wildman–Crippen LogP) is 3.50. The number of anilines is 1. The molecule has 0 radical (unpaired) electrons. The number of hydrogen-bond donors (Lipinski definition) is 2. The highest BCUT2D eigenvalue weighted by molar-refractivity contribution is 8.01. The van der Waals surface area contributed by atoms with Crippen molar-refractivity contribution in [1.29, 1.82) is 0 Å². The maximum Gasteiger partial charge on any atom is 0.238 e. The maximum absolute atomic E-state index is 12.1. The molecule has 0 saturated heterocycles. The van der Waals surface area contributed by atoms with E-state index in [0.29, 0.717) is 17.3 Å². The van der Waals surface area contributed by atoms with Crippen molar-refractivity contribution in [2.24, 2.45) is 0 Å². The van der Waals surface area contributed by atoms with Gasteiger partial charge in [-0.3, -0.25) is 9.59 Å². The van der Waals surface area contributed by atoms with Crippen LogP contribution < -0.4 is 10.6 Å². The Labute approximate surface area is 150 Å². The topological polar surface area (TPSA) is 58.2 Å². The number of hydrogen-bond acceptors (Lipinski definition) is 3. The quantitative estimate of drug-likeness (QED) is 0.858. The summed E-state index contributed by atoms with van der Waals surface area (Å²) in [5.74, 6) is -0.274. The molecule has 0 aromatic heterocycles. The van der Waals surface area contributed by atoms with Crippen molar-refractivity contribution in [2.75, 3.05) is 11.9 Å². The first kappa shape index (κ1) is 16.9. The van der Waals surface area contributed by atoms with Crippen molar-refractivity contribution in [3.8, 4) is 0 Å². The van der Waals surface area contributed by atoms with Gasteiger partial charge in [0.25, 0.3) is 0 Å². The van der Waals surface area contributed by atoms with Gasteiger partial charge in [-0.15, -0.1) is 11.8 Å². The zero-order valence-electron chi connectivity index (χ0n) is 12.9. The van der Waals surface area contributed by atoms with Gasteiger partial charge in [-0.25, -0.2) is 0 Å². The molecule has 6 heteroatoms. The van der Waals surface area contributed by atoms with E-state index in [2.05, 4.69) is 10.6 Å². The zero-order chi connectivity index (χ0) is 16.9. The molecule has 2 aromatic rings. The maximum atomic E-state index is 12.1. The lowest BCUT2D eigenvalue weighted by Crippen LogP contribution is -2.35. The average Bonchev–Trinajstić information content (AvgIpc) is 2.57. The molecule has 1 aliphatic rings. The first-order valence-corrected chi connectivity index (χ1v) is 8.95. The molecule has 1 atom stereocenters. The van der Waals surface area contributed by atoms with Crippen LogP contribution in [-0.4, -0.2) is 23.6 Å². The van der Waals surface area contributed by atoms with E-state index in [1.54, 1.807) is 12.1 Å². The van der Waals surface area contributed by atoms with Crippen molar-refractivity contribution in [3.63, 3.8) is 0 Å². The summed E-state index contributed by atoms with van der Waals surface area (Å²) in [6, 6.07) is 15.3. The molecule has 0 aliphatic carbocycles. The van der Waals surface area contributed by atoms with Crippen LogP contribution in [0, 0.1) is 0 Å². The molecule has 124 valence electrons. The Morgan fingerprint density at radius 2 is 2.00 bits per heavy atom. The second-order valence-electron chi connectivity index (χ2n) is 5.53. The van der Waals surface area contributed by atoms with Gasteiger partial charge in [0.15, 0.2) is 0 Å². The first-order valence-electron chi connectivity index (χ1n) is 7.69. The number of halogens is 1. The molecule has 4 nitrogen and oxygen atoms in total. The van der Waals surface area contributed by atoms with Crippen molar-refractivity contribution in [3.05, 3.63) is 59.1 Å². The lowest BCUT2D eigenvalue weighted by molar-refractivity contribution is -0.124. The fraction of sp³-hybridized carbons (Fsp3) is 0.222. The monoisotopic (exact) mass is 360 g/mol. The van der Waals surface area contributed by atoms with Crippen molar-refractivity contribution >= 4 is 40.9 Å². The van der Waals surface area contributed by atoms with Gasteiger partial charge in [-0.2, -0.15) is 0 Å². The van der Waals surface area contributed by atoms with Gasteiger partial charge in [0.1, 0.15) is 0 Å². The molecule has 1 aliphatic heterocycles. The smallest absolute Gasteiger partial charge is 0.238 e. The van der Waals surface area contributed by atoms with Crippen LogP contribution in [0.1, 0.15) is 12.0 Å². The molecule has 0 spiro atoms. The normalized spacial score (nSPS) is 16.2. The summed E-state index contributed by atoms with van der Waals surface area (Å²) >= 11 is 7.33. The molecule has 2 N–H and O–H groups in total. The van der Waals surface area contributed by atoms with E-state index < -0.39 is 5.25 Å². The highest BCUT2D eigenvalue weighted by Crippen LogP contribution is 2.38. The number of carbonyl (C=O) groups excluding carboxylic acids is 2. The zero-order valence-corrected chi connectivity index (χ0v) is 14.5. The second-order valence-corrected chi connectivity index (χ2v) is 7.21. The Kier molecular flexibility index (Phi) is 5.43. The van der Waals surface area contributed by atoms with Crippen LogP contribution in [0.25, 0.3) is 0 Å². The van der Waals surface area contributed by atoms with Crippen LogP contribution in [0.4, 0.5) is 5.69 Å². The van der Waals surface area contributed by atoms with Crippen LogP contribution in [0.5, 0.6) is 0 Å². The molecule has 3 rings (SSSR count). The van der Waals surface area contributed by atoms with E-state index in [4.69, 9.17) is 11.6 Å². The summed E-state index contributed by atoms with van der Waals surface area (Å²) < 4.78 is 0. The molecule has 2 amide bonds. The highest BCUT2D eigenvalue weighted by atomic mass is 35.5. The lowest BCUT2D eigenvalue weighted by atomic mass is 10.1. The summed E-state index contributed by atoms with van der Waals surface area (Å²) in [4.78, 5) is 25.2. The third-order valence-electron chi connectivity index (χ3n) is 3.71. The van der Waals surface area contributed by atoms with Crippen molar-refractivity contribution in [1.82, 2.24) is 5.32 Å². The van der Waals surface area contributed by atoms with Gasteiger partial charge in [-0.05, 0) is 30.2 Å². The van der Waals surface area contributed by atoms with Gasteiger partial charge in [-0.1, -0.05) is 41.9 Å². The molecule has 0 unspecified atom stereocenters. The molecule has 0 saturated carbocycles. The van der Waals surface area contributed by atoms with E-state index in [0.717, 1.165) is 11.3 Å². The van der Waals surface area contributed by atoms with Crippen LogP contribution in [0.15, 0.2) is 53.4 Å². The van der Waals surface area contributed by atoms with Gasteiger partial charge in [0, 0.05) is 22.9 Å². The first-order chi connectivity index (χ1) is 11.6.